The van der Waals surface area contributed by atoms with Crippen molar-refractivity contribution in [3.8, 4) is 0 Å². The van der Waals surface area contributed by atoms with Gasteiger partial charge in [-0.15, -0.1) is 0 Å². The van der Waals surface area contributed by atoms with E-state index in [4.69, 9.17) is 0 Å². The molecule has 0 amide bonds. The second-order valence-electron chi connectivity index (χ2n) is 5.32. The Bertz CT molecular complexity index is 285. The van der Waals surface area contributed by atoms with E-state index in [1.807, 2.05) is 20.8 Å². The molecule has 0 radical (unpaired) electrons. The lowest BCUT2D eigenvalue weighted by Gasteiger charge is -2.25. The zero-order valence-electron chi connectivity index (χ0n) is 9.91. The van der Waals surface area contributed by atoms with Crippen molar-refractivity contribution in [2.45, 2.75) is 27.2 Å². The van der Waals surface area contributed by atoms with E-state index in [2.05, 4.69) is 5.32 Å². The summed E-state index contributed by atoms with van der Waals surface area (Å²) in [6.45, 7) is 8.83. The molecule has 1 saturated heterocycles. The summed E-state index contributed by atoms with van der Waals surface area (Å²) >= 11 is 0. The second kappa shape index (κ2) is 4.80. The highest BCUT2D eigenvalue weighted by molar-refractivity contribution is 7.89. The normalized spacial score (nSPS) is 21.3. The molecule has 1 heterocycles. The van der Waals surface area contributed by atoms with Crippen molar-refractivity contribution in [2.75, 3.05) is 31.9 Å². The average molecular weight is 234 g/mol. The summed E-state index contributed by atoms with van der Waals surface area (Å²) in [6, 6.07) is 0. The van der Waals surface area contributed by atoms with Crippen molar-refractivity contribution in [3.63, 3.8) is 0 Å². The fourth-order valence-electron chi connectivity index (χ4n) is 1.74. The molecule has 0 aromatic heterocycles. The quantitative estimate of drug-likeness (QED) is 0.763. The molecule has 0 atom stereocenters. The van der Waals surface area contributed by atoms with Crippen LogP contribution in [0.15, 0.2) is 0 Å². The van der Waals surface area contributed by atoms with Crippen molar-refractivity contribution in [3.05, 3.63) is 0 Å². The maximum absolute atomic E-state index is 12.1. The lowest BCUT2D eigenvalue weighted by atomic mass is 10.0. The maximum atomic E-state index is 12.1. The van der Waals surface area contributed by atoms with Gasteiger partial charge in [0, 0.05) is 19.6 Å². The summed E-state index contributed by atoms with van der Waals surface area (Å²) in [5.41, 5.74) is -0.168. The molecule has 1 rings (SSSR count). The minimum absolute atomic E-state index is 0.168. The summed E-state index contributed by atoms with van der Waals surface area (Å²) in [4.78, 5) is 0. The van der Waals surface area contributed by atoms with Gasteiger partial charge in [0.05, 0.1) is 5.75 Å². The molecule has 0 aromatic rings. The molecule has 90 valence electrons. The third-order valence-electron chi connectivity index (χ3n) is 2.31. The summed E-state index contributed by atoms with van der Waals surface area (Å²) in [5, 5.41) is 3.21. The van der Waals surface area contributed by atoms with E-state index in [0.29, 0.717) is 13.1 Å². The molecule has 0 saturated carbocycles. The predicted molar refractivity (Wildman–Crippen MR) is 62.3 cm³/mol. The van der Waals surface area contributed by atoms with Gasteiger partial charge in [0.15, 0.2) is 0 Å². The molecule has 5 heteroatoms. The Kier molecular flexibility index (Phi) is 4.14. The lowest BCUT2D eigenvalue weighted by molar-refractivity contribution is 0.401. The molecule has 1 aliphatic heterocycles. The van der Waals surface area contributed by atoms with E-state index in [1.165, 1.54) is 0 Å². The van der Waals surface area contributed by atoms with Crippen LogP contribution in [-0.2, 0) is 10.0 Å². The first-order valence-electron chi connectivity index (χ1n) is 5.50. The van der Waals surface area contributed by atoms with Gasteiger partial charge in [-0.1, -0.05) is 20.8 Å². The molecule has 1 aliphatic rings. The molecule has 0 spiro atoms. The van der Waals surface area contributed by atoms with Crippen molar-refractivity contribution >= 4 is 10.0 Å². The molecule has 15 heavy (non-hydrogen) atoms. The minimum Gasteiger partial charge on any atom is -0.315 e. The number of nitrogens with zero attached hydrogens (tertiary/aromatic N) is 1. The Morgan fingerprint density at radius 3 is 2.47 bits per heavy atom. The topological polar surface area (TPSA) is 49.4 Å². The first kappa shape index (κ1) is 12.9. The van der Waals surface area contributed by atoms with Gasteiger partial charge < -0.3 is 5.32 Å². The first-order valence-corrected chi connectivity index (χ1v) is 7.11. The second-order valence-corrected chi connectivity index (χ2v) is 7.29. The van der Waals surface area contributed by atoms with Gasteiger partial charge in [-0.25, -0.2) is 12.7 Å². The van der Waals surface area contributed by atoms with E-state index in [9.17, 15) is 8.42 Å². The monoisotopic (exact) mass is 234 g/mol. The molecule has 0 aromatic carbocycles. The Morgan fingerprint density at radius 2 is 1.87 bits per heavy atom. The van der Waals surface area contributed by atoms with Gasteiger partial charge in [-0.2, -0.15) is 0 Å². The SMILES string of the molecule is CC(C)(C)CS(=O)(=O)N1CCCNCC1. The van der Waals surface area contributed by atoms with Crippen molar-refractivity contribution in [1.82, 2.24) is 9.62 Å². The molecule has 0 bridgehead atoms. The van der Waals surface area contributed by atoms with Crippen molar-refractivity contribution < 1.29 is 8.42 Å². The van der Waals surface area contributed by atoms with E-state index in [1.54, 1.807) is 4.31 Å². The van der Waals surface area contributed by atoms with E-state index < -0.39 is 10.0 Å². The van der Waals surface area contributed by atoms with Crippen LogP contribution in [-0.4, -0.2) is 44.7 Å². The molecular weight excluding hydrogens is 212 g/mol. The average Bonchev–Trinajstić information content (AvgIpc) is 2.25. The van der Waals surface area contributed by atoms with Crippen LogP contribution in [0.1, 0.15) is 27.2 Å². The predicted octanol–water partition coefficient (Wildman–Crippen LogP) is 0.658. The van der Waals surface area contributed by atoms with Crippen LogP contribution in [0.2, 0.25) is 0 Å². The highest BCUT2D eigenvalue weighted by atomic mass is 32.2. The molecule has 1 N–H and O–H groups in total. The number of hydrogen-bond acceptors (Lipinski definition) is 3. The Hall–Kier alpha value is -0.130. The van der Waals surface area contributed by atoms with Crippen LogP contribution in [0, 0.1) is 5.41 Å². The third-order valence-corrected chi connectivity index (χ3v) is 4.69. The smallest absolute Gasteiger partial charge is 0.214 e. The van der Waals surface area contributed by atoms with E-state index in [-0.39, 0.29) is 11.2 Å². The zero-order chi connectivity index (χ0) is 11.5. The van der Waals surface area contributed by atoms with Crippen molar-refractivity contribution in [1.29, 1.82) is 0 Å². The fourth-order valence-corrected chi connectivity index (χ4v) is 3.79. The van der Waals surface area contributed by atoms with Crippen LogP contribution in [0.5, 0.6) is 0 Å². The fraction of sp³-hybridized carbons (Fsp3) is 1.00. The summed E-state index contributed by atoms with van der Waals surface area (Å²) < 4.78 is 25.7. The van der Waals surface area contributed by atoms with Gasteiger partial charge in [0.2, 0.25) is 10.0 Å². The molecule has 0 unspecified atom stereocenters. The zero-order valence-corrected chi connectivity index (χ0v) is 10.7. The highest BCUT2D eigenvalue weighted by Gasteiger charge is 2.28. The van der Waals surface area contributed by atoms with Gasteiger partial charge >= 0.3 is 0 Å². The van der Waals surface area contributed by atoms with Crippen molar-refractivity contribution in [2.24, 2.45) is 5.41 Å². The highest BCUT2D eigenvalue weighted by Crippen LogP contribution is 2.19. The van der Waals surface area contributed by atoms with E-state index >= 15 is 0 Å². The minimum atomic E-state index is -3.07. The van der Waals surface area contributed by atoms with Crippen LogP contribution >= 0.6 is 0 Å². The third kappa shape index (κ3) is 4.49. The number of sulfonamides is 1. The summed E-state index contributed by atoms with van der Waals surface area (Å²) in [6.07, 6.45) is 0.906. The number of nitrogens with one attached hydrogen (secondary N) is 1. The van der Waals surface area contributed by atoms with Crippen LogP contribution < -0.4 is 5.32 Å². The standard InChI is InChI=1S/C10H22N2O2S/c1-10(2,3)9-15(13,14)12-7-4-5-11-6-8-12/h11H,4-9H2,1-3H3. The van der Waals surface area contributed by atoms with Crippen LogP contribution in [0.4, 0.5) is 0 Å². The van der Waals surface area contributed by atoms with Gasteiger partial charge in [-0.05, 0) is 18.4 Å². The molecule has 0 aliphatic carbocycles. The maximum Gasteiger partial charge on any atom is 0.214 e. The molecular formula is C10H22N2O2S. The molecule has 4 nitrogen and oxygen atoms in total. The largest absolute Gasteiger partial charge is 0.315 e. The lowest BCUT2D eigenvalue weighted by Crippen LogP contribution is -2.39. The van der Waals surface area contributed by atoms with Gasteiger partial charge in [-0.3, -0.25) is 0 Å². The Labute approximate surface area is 93.1 Å². The summed E-state index contributed by atoms with van der Waals surface area (Å²) in [5.74, 6) is 0.236. The number of rotatable bonds is 2. The van der Waals surface area contributed by atoms with Gasteiger partial charge in [0.25, 0.3) is 0 Å². The number of hydrogen-bond donors (Lipinski definition) is 1. The van der Waals surface area contributed by atoms with Gasteiger partial charge in [0.1, 0.15) is 0 Å². The Morgan fingerprint density at radius 1 is 1.20 bits per heavy atom. The summed E-state index contributed by atoms with van der Waals surface area (Å²) in [7, 11) is -3.07. The van der Waals surface area contributed by atoms with E-state index in [0.717, 1.165) is 19.5 Å². The van der Waals surface area contributed by atoms with Crippen LogP contribution in [0.25, 0.3) is 0 Å². The molecule has 1 fully saturated rings. The van der Waals surface area contributed by atoms with Crippen LogP contribution in [0.3, 0.4) is 0 Å². The first-order chi connectivity index (χ1) is 6.81. The Balaban J connectivity index is 2.67.